The number of hydrazone groups is 1. The Bertz CT molecular complexity index is 1340. The number of hydrogen-bond acceptors (Lipinski definition) is 5. The fourth-order valence-corrected chi connectivity index (χ4v) is 3.89. The maximum absolute atomic E-state index is 12.8. The van der Waals surface area contributed by atoms with Crippen LogP contribution in [0.1, 0.15) is 5.56 Å². The highest BCUT2D eigenvalue weighted by Crippen LogP contribution is 2.34. The van der Waals surface area contributed by atoms with Crippen molar-refractivity contribution in [1.82, 2.24) is 9.99 Å². The van der Waals surface area contributed by atoms with Crippen molar-refractivity contribution in [2.24, 2.45) is 5.10 Å². The van der Waals surface area contributed by atoms with Crippen LogP contribution in [0.15, 0.2) is 75.0 Å². The molecule has 0 unspecified atom stereocenters. The largest absolute Gasteiger partial charge is 0.503 e. The number of rotatable bonds is 5. The summed E-state index contributed by atoms with van der Waals surface area (Å²) >= 11 is 3.25. The molecule has 0 bridgehead atoms. The molecular weight excluding hydrogens is 462 g/mol. The number of hydrogen-bond donors (Lipinski definition) is 2. The van der Waals surface area contributed by atoms with Crippen LogP contribution in [0.4, 0.5) is 0 Å². The third-order valence-electron chi connectivity index (χ3n) is 4.85. The number of ether oxygens (including phenoxy) is 1. The molecule has 0 aliphatic rings. The molecule has 0 fully saturated rings. The van der Waals surface area contributed by atoms with Crippen molar-refractivity contribution in [3.05, 3.63) is 80.9 Å². The molecular formula is C23H18BrN3O4. The molecule has 3 aromatic carbocycles. The Morgan fingerprint density at radius 3 is 2.35 bits per heavy atom. The standard InChI is InChI=1S/C23H18BrN3O4/c1-31-20-11-14(10-17(24)23(20)30)12-25-26-21(28)13-27-18-8-4-2-6-15(18)22(29)16-7-3-5-9-19(16)27/h2-12,30H,13H2,1H3,(H,26,28). The van der Waals surface area contributed by atoms with Crippen LogP contribution in [-0.2, 0) is 11.3 Å². The number of halogens is 1. The van der Waals surface area contributed by atoms with Crippen LogP contribution in [0.3, 0.4) is 0 Å². The zero-order valence-corrected chi connectivity index (χ0v) is 18.1. The Labute approximate surface area is 185 Å². The first-order valence-corrected chi connectivity index (χ1v) is 10.2. The molecule has 0 aliphatic heterocycles. The SMILES string of the molecule is COc1cc(C=NNC(=O)Cn2c3ccccc3c(=O)c3ccccc32)cc(Br)c1O. The van der Waals surface area contributed by atoms with Crippen molar-refractivity contribution in [1.29, 1.82) is 0 Å². The smallest absolute Gasteiger partial charge is 0.260 e. The van der Waals surface area contributed by atoms with E-state index >= 15 is 0 Å². The molecule has 0 aliphatic carbocycles. The average Bonchev–Trinajstić information content (AvgIpc) is 2.79. The zero-order valence-electron chi connectivity index (χ0n) is 16.5. The van der Waals surface area contributed by atoms with Crippen molar-refractivity contribution in [2.45, 2.75) is 6.54 Å². The summed E-state index contributed by atoms with van der Waals surface area (Å²) < 4.78 is 7.36. The number of benzene rings is 3. The van der Waals surface area contributed by atoms with E-state index in [1.54, 1.807) is 41.0 Å². The molecule has 0 atom stereocenters. The second-order valence-electron chi connectivity index (χ2n) is 6.80. The molecule has 2 N–H and O–H groups in total. The molecule has 7 nitrogen and oxygen atoms in total. The maximum atomic E-state index is 12.8. The molecule has 1 heterocycles. The lowest BCUT2D eigenvalue weighted by molar-refractivity contribution is -0.121. The highest BCUT2D eigenvalue weighted by Gasteiger charge is 2.12. The summed E-state index contributed by atoms with van der Waals surface area (Å²) in [5.41, 5.74) is 4.43. The Morgan fingerprint density at radius 2 is 1.74 bits per heavy atom. The van der Waals surface area contributed by atoms with E-state index in [1.807, 2.05) is 24.3 Å². The Morgan fingerprint density at radius 1 is 1.13 bits per heavy atom. The topological polar surface area (TPSA) is 92.9 Å². The Kier molecular flexibility index (Phi) is 5.73. The van der Waals surface area contributed by atoms with Gasteiger partial charge >= 0.3 is 0 Å². The highest BCUT2D eigenvalue weighted by molar-refractivity contribution is 9.10. The molecule has 1 amide bonds. The number of aromatic nitrogens is 1. The fourth-order valence-electron chi connectivity index (χ4n) is 3.43. The molecule has 0 saturated carbocycles. The molecule has 31 heavy (non-hydrogen) atoms. The van der Waals surface area contributed by atoms with Gasteiger partial charge in [0.1, 0.15) is 6.54 Å². The predicted molar refractivity (Wildman–Crippen MR) is 124 cm³/mol. The fraction of sp³-hybridized carbons (Fsp3) is 0.0870. The van der Waals surface area contributed by atoms with Crippen molar-refractivity contribution in [2.75, 3.05) is 7.11 Å². The van der Waals surface area contributed by atoms with Gasteiger partial charge in [0.25, 0.3) is 5.91 Å². The summed E-state index contributed by atoms with van der Waals surface area (Å²) in [6, 6.07) is 17.7. The molecule has 4 aromatic rings. The van der Waals surface area contributed by atoms with E-state index < -0.39 is 0 Å². The van der Waals surface area contributed by atoms with Gasteiger partial charge in [-0.05, 0) is 57.9 Å². The molecule has 8 heteroatoms. The van der Waals surface area contributed by atoms with Crippen LogP contribution < -0.4 is 15.6 Å². The number of pyridine rings is 1. The molecule has 0 saturated heterocycles. The summed E-state index contributed by atoms with van der Waals surface area (Å²) in [6.45, 7) is -0.0127. The van der Waals surface area contributed by atoms with Gasteiger partial charge in [-0.1, -0.05) is 24.3 Å². The van der Waals surface area contributed by atoms with E-state index in [-0.39, 0.29) is 29.4 Å². The van der Waals surface area contributed by atoms with Crippen LogP contribution in [0.2, 0.25) is 0 Å². The van der Waals surface area contributed by atoms with Crippen molar-refractivity contribution >= 4 is 49.9 Å². The number of carbonyl (C=O) groups excluding carboxylic acids is 1. The van der Waals surface area contributed by atoms with Crippen LogP contribution >= 0.6 is 15.9 Å². The molecule has 4 rings (SSSR count). The first-order chi connectivity index (χ1) is 15.0. The zero-order chi connectivity index (χ0) is 22.0. The van der Waals surface area contributed by atoms with Gasteiger partial charge in [0.05, 0.1) is 28.8 Å². The highest BCUT2D eigenvalue weighted by atomic mass is 79.9. The molecule has 1 aromatic heterocycles. The molecule has 0 spiro atoms. The van der Waals surface area contributed by atoms with E-state index in [9.17, 15) is 14.7 Å². The Hall–Kier alpha value is -3.65. The van der Waals surface area contributed by atoms with E-state index in [4.69, 9.17) is 4.74 Å². The van der Waals surface area contributed by atoms with Crippen molar-refractivity contribution < 1.29 is 14.6 Å². The second-order valence-corrected chi connectivity index (χ2v) is 7.65. The summed E-state index contributed by atoms with van der Waals surface area (Å²) in [5, 5.41) is 15.0. The van der Waals surface area contributed by atoms with E-state index in [1.165, 1.54) is 13.3 Å². The van der Waals surface area contributed by atoms with Gasteiger partial charge < -0.3 is 14.4 Å². The van der Waals surface area contributed by atoms with Gasteiger partial charge in [0.15, 0.2) is 16.9 Å². The normalized spacial score (nSPS) is 11.3. The van der Waals surface area contributed by atoms with Crippen LogP contribution in [0, 0.1) is 0 Å². The number of aromatic hydroxyl groups is 1. The minimum absolute atomic E-state index is 0.0127. The number of phenols is 1. The number of fused-ring (bicyclic) bond motifs is 2. The van der Waals surface area contributed by atoms with Crippen molar-refractivity contribution in [3.63, 3.8) is 0 Å². The van der Waals surface area contributed by atoms with Gasteiger partial charge in [0, 0.05) is 10.8 Å². The van der Waals surface area contributed by atoms with Crippen LogP contribution in [0.25, 0.3) is 21.8 Å². The lowest BCUT2D eigenvalue weighted by atomic mass is 10.1. The van der Waals surface area contributed by atoms with Crippen LogP contribution in [-0.4, -0.2) is 28.9 Å². The number of amides is 1. The number of nitrogens with zero attached hydrogens (tertiary/aromatic N) is 2. The minimum Gasteiger partial charge on any atom is -0.503 e. The van der Waals surface area contributed by atoms with E-state index in [0.29, 0.717) is 31.8 Å². The van der Waals surface area contributed by atoms with Crippen LogP contribution in [0.5, 0.6) is 11.5 Å². The summed E-state index contributed by atoms with van der Waals surface area (Å²) in [6.07, 6.45) is 1.45. The summed E-state index contributed by atoms with van der Waals surface area (Å²) in [4.78, 5) is 25.4. The first-order valence-electron chi connectivity index (χ1n) is 9.38. The number of para-hydroxylation sites is 2. The number of methoxy groups -OCH3 is 1. The van der Waals surface area contributed by atoms with E-state index in [2.05, 4.69) is 26.5 Å². The van der Waals surface area contributed by atoms with Gasteiger partial charge in [0.2, 0.25) is 0 Å². The first kappa shape index (κ1) is 20.6. The quantitative estimate of drug-likeness (QED) is 0.258. The number of carbonyl (C=O) groups is 1. The third-order valence-corrected chi connectivity index (χ3v) is 5.46. The van der Waals surface area contributed by atoms with Crippen molar-refractivity contribution in [3.8, 4) is 11.5 Å². The monoisotopic (exact) mass is 479 g/mol. The molecule has 0 radical (unpaired) electrons. The van der Waals surface area contributed by atoms with Gasteiger partial charge in [-0.25, -0.2) is 5.43 Å². The second kappa shape index (κ2) is 8.61. The summed E-state index contributed by atoms with van der Waals surface area (Å²) in [7, 11) is 1.45. The average molecular weight is 480 g/mol. The minimum atomic E-state index is -0.347. The van der Waals surface area contributed by atoms with Gasteiger partial charge in [-0.2, -0.15) is 5.10 Å². The number of phenolic OH excluding ortho intramolecular Hbond substituents is 1. The lowest BCUT2D eigenvalue weighted by Crippen LogP contribution is -2.25. The van der Waals surface area contributed by atoms with Gasteiger partial charge in [-0.3, -0.25) is 9.59 Å². The maximum Gasteiger partial charge on any atom is 0.260 e. The molecule has 156 valence electrons. The van der Waals surface area contributed by atoms with E-state index in [0.717, 1.165) is 0 Å². The Balaban J connectivity index is 1.62. The van der Waals surface area contributed by atoms with Gasteiger partial charge in [-0.15, -0.1) is 0 Å². The predicted octanol–water partition coefficient (Wildman–Crippen LogP) is 3.78. The third kappa shape index (κ3) is 4.02. The lowest BCUT2D eigenvalue weighted by Gasteiger charge is -2.14. The number of nitrogens with one attached hydrogen (secondary N) is 1. The summed E-state index contributed by atoms with van der Waals surface area (Å²) in [5.74, 6) is -0.0750.